The number of nitrogens with zero attached hydrogens (tertiary/aromatic N) is 6. The largest absolute Gasteiger partial charge is 0.457 e. The van der Waals surface area contributed by atoms with Gasteiger partial charge in [0.05, 0.1) is 5.52 Å². The van der Waals surface area contributed by atoms with Crippen LogP contribution in [0.25, 0.3) is 16.6 Å². The Morgan fingerprint density at radius 3 is 2.81 bits per heavy atom. The number of pyridine rings is 1. The van der Waals surface area contributed by atoms with Crippen LogP contribution in [0, 0.1) is 6.92 Å². The lowest BCUT2D eigenvalue weighted by Gasteiger charge is -2.36. The first-order chi connectivity index (χ1) is 17.1. The lowest BCUT2D eigenvalue weighted by atomic mass is 10.1. The van der Waals surface area contributed by atoms with Gasteiger partial charge < -0.3 is 20.3 Å². The number of nitrogens with one attached hydrogen (secondary N) is 2. The summed E-state index contributed by atoms with van der Waals surface area (Å²) in [6, 6.07) is 16.6. The van der Waals surface area contributed by atoms with Crippen molar-refractivity contribution in [3.8, 4) is 11.5 Å². The maximum Gasteiger partial charge on any atom is 0.158 e. The molecule has 1 aliphatic heterocycles. The summed E-state index contributed by atoms with van der Waals surface area (Å²) in [5, 5.41) is 12.0. The van der Waals surface area contributed by atoms with Gasteiger partial charge in [0, 0.05) is 54.7 Å². The maximum absolute atomic E-state index is 6.11. The molecular weight excluding hydrogens is 476 g/mol. The molecule has 6 rings (SSSR count). The van der Waals surface area contributed by atoms with Gasteiger partial charge >= 0.3 is 0 Å². The number of ether oxygens (including phenoxy) is 1. The summed E-state index contributed by atoms with van der Waals surface area (Å²) in [5.41, 5.74) is 4.78. The molecule has 0 spiro atoms. The van der Waals surface area contributed by atoms with Gasteiger partial charge in [-0.05, 0) is 61.9 Å². The molecule has 0 amide bonds. The second kappa shape index (κ2) is 9.96. The van der Waals surface area contributed by atoms with Crippen LogP contribution in [-0.4, -0.2) is 50.2 Å². The van der Waals surface area contributed by atoms with Crippen molar-refractivity contribution in [2.24, 2.45) is 0 Å². The molecule has 5 aromatic rings. The number of anilines is 3. The maximum atomic E-state index is 6.11. The van der Waals surface area contributed by atoms with E-state index >= 15 is 0 Å². The lowest BCUT2D eigenvalue weighted by Crippen LogP contribution is -2.49. The number of benzene rings is 2. The highest BCUT2D eigenvalue weighted by Crippen LogP contribution is 2.31. The van der Waals surface area contributed by atoms with Gasteiger partial charge in [0.1, 0.15) is 30.0 Å². The number of halogens is 1. The van der Waals surface area contributed by atoms with Crippen LogP contribution in [0.15, 0.2) is 67.4 Å². The van der Waals surface area contributed by atoms with Crippen molar-refractivity contribution in [2.45, 2.75) is 19.9 Å². The van der Waals surface area contributed by atoms with Gasteiger partial charge in [0.2, 0.25) is 0 Å². The SMILES string of the molecule is Cc1cc(Nc2ncnc3ccc(N4CCNCC4C)cc23)ccc1Oc1ccn2ncnc2c1.Cl. The van der Waals surface area contributed by atoms with E-state index in [2.05, 4.69) is 66.8 Å². The van der Waals surface area contributed by atoms with Gasteiger partial charge in [0.15, 0.2) is 5.65 Å². The highest BCUT2D eigenvalue weighted by Gasteiger charge is 2.19. The molecule has 2 aromatic carbocycles. The minimum atomic E-state index is 0. The van der Waals surface area contributed by atoms with Crippen LogP contribution in [-0.2, 0) is 0 Å². The predicted octanol–water partition coefficient (Wildman–Crippen LogP) is 4.74. The number of rotatable bonds is 5. The predicted molar refractivity (Wildman–Crippen MR) is 144 cm³/mol. The summed E-state index contributed by atoms with van der Waals surface area (Å²) >= 11 is 0. The summed E-state index contributed by atoms with van der Waals surface area (Å²) in [4.78, 5) is 15.7. The molecule has 1 aliphatic rings. The van der Waals surface area contributed by atoms with Crippen molar-refractivity contribution in [3.63, 3.8) is 0 Å². The van der Waals surface area contributed by atoms with Crippen molar-refractivity contribution in [1.82, 2.24) is 29.9 Å². The van der Waals surface area contributed by atoms with Crippen LogP contribution in [0.1, 0.15) is 12.5 Å². The van der Waals surface area contributed by atoms with Gasteiger partial charge in [-0.25, -0.2) is 19.5 Å². The second-order valence-corrected chi connectivity index (χ2v) is 8.80. The molecular formula is C26H27ClN8O. The Hall–Kier alpha value is -3.95. The Morgan fingerprint density at radius 1 is 1.03 bits per heavy atom. The zero-order chi connectivity index (χ0) is 23.8. The fraction of sp³-hybridized carbons (Fsp3) is 0.231. The fourth-order valence-corrected chi connectivity index (χ4v) is 4.51. The van der Waals surface area contributed by atoms with Crippen molar-refractivity contribution in [2.75, 3.05) is 29.9 Å². The fourth-order valence-electron chi connectivity index (χ4n) is 4.51. The second-order valence-electron chi connectivity index (χ2n) is 8.80. The molecule has 184 valence electrons. The van der Waals surface area contributed by atoms with Crippen LogP contribution >= 0.6 is 12.4 Å². The monoisotopic (exact) mass is 502 g/mol. The first kappa shape index (κ1) is 23.8. The van der Waals surface area contributed by atoms with Crippen molar-refractivity contribution >= 4 is 46.1 Å². The van der Waals surface area contributed by atoms with E-state index in [1.165, 1.54) is 12.0 Å². The lowest BCUT2D eigenvalue weighted by molar-refractivity contribution is 0.478. The minimum Gasteiger partial charge on any atom is -0.457 e. The zero-order valence-corrected chi connectivity index (χ0v) is 20.9. The number of aromatic nitrogens is 5. The quantitative estimate of drug-likeness (QED) is 0.356. The standard InChI is InChI=1S/C26H26N8O.ClH/c1-17-11-19(3-6-24(17)35-21-7-9-34-25(13-21)29-16-31-34)32-26-22-12-20(4-5-23(22)28-15-30-26)33-10-8-27-14-18(33)2;/h3-7,9,11-13,15-16,18,27H,8,10,14H2,1-2H3,(H,28,30,32);1H. The van der Waals surface area contributed by atoms with Crippen LogP contribution in [0.5, 0.6) is 11.5 Å². The molecule has 1 fully saturated rings. The van der Waals surface area contributed by atoms with Gasteiger partial charge in [-0.2, -0.15) is 5.10 Å². The van der Waals surface area contributed by atoms with E-state index < -0.39 is 0 Å². The Balaban J connectivity index is 0.00000267. The Labute approximate surface area is 215 Å². The molecule has 36 heavy (non-hydrogen) atoms. The summed E-state index contributed by atoms with van der Waals surface area (Å²) in [6.07, 6.45) is 4.95. The van der Waals surface area contributed by atoms with Gasteiger partial charge in [0.25, 0.3) is 0 Å². The number of fused-ring (bicyclic) bond motifs is 2. The molecule has 9 nitrogen and oxygen atoms in total. The smallest absolute Gasteiger partial charge is 0.158 e. The van der Waals surface area contributed by atoms with E-state index in [1.807, 2.05) is 37.4 Å². The van der Waals surface area contributed by atoms with Gasteiger partial charge in [-0.1, -0.05) is 0 Å². The minimum absolute atomic E-state index is 0. The van der Waals surface area contributed by atoms with E-state index in [1.54, 1.807) is 10.8 Å². The Bertz CT molecular complexity index is 1520. The third-order valence-electron chi connectivity index (χ3n) is 6.37. The van der Waals surface area contributed by atoms with Crippen LogP contribution in [0.3, 0.4) is 0 Å². The first-order valence-electron chi connectivity index (χ1n) is 11.7. The average molecular weight is 503 g/mol. The van der Waals surface area contributed by atoms with E-state index in [0.717, 1.165) is 59.0 Å². The molecule has 0 radical (unpaired) electrons. The van der Waals surface area contributed by atoms with Gasteiger partial charge in [-0.15, -0.1) is 12.4 Å². The van der Waals surface area contributed by atoms with Crippen molar-refractivity contribution in [3.05, 3.63) is 72.9 Å². The molecule has 2 N–H and O–H groups in total. The van der Waals surface area contributed by atoms with Gasteiger partial charge in [-0.3, -0.25) is 0 Å². The highest BCUT2D eigenvalue weighted by atomic mass is 35.5. The number of piperazine rings is 1. The molecule has 1 saturated heterocycles. The van der Waals surface area contributed by atoms with E-state index in [4.69, 9.17) is 4.74 Å². The molecule has 1 atom stereocenters. The summed E-state index contributed by atoms with van der Waals surface area (Å²) in [6.45, 7) is 7.22. The zero-order valence-electron chi connectivity index (χ0n) is 20.0. The summed E-state index contributed by atoms with van der Waals surface area (Å²) in [5.74, 6) is 2.28. The van der Waals surface area contributed by atoms with E-state index in [0.29, 0.717) is 11.8 Å². The number of hydrogen-bond acceptors (Lipinski definition) is 8. The van der Waals surface area contributed by atoms with E-state index in [-0.39, 0.29) is 12.4 Å². The topological polar surface area (TPSA) is 92.5 Å². The van der Waals surface area contributed by atoms with Crippen LogP contribution < -0.4 is 20.3 Å². The molecule has 4 heterocycles. The van der Waals surface area contributed by atoms with Crippen LogP contribution in [0.4, 0.5) is 17.2 Å². The third-order valence-corrected chi connectivity index (χ3v) is 6.37. The third kappa shape index (κ3) is 4.62. The Morgan fingerprint density at radius 2 is 1.94 bits per heavy atom. The summed E-state index contributed by atoms with van der Waals surface area (Å²) < 4.78 is 7.81. The van der Waals surface area contributed by atoms with E-state index in [9.17, 15) is 0 Å². The number of hydrogen-bond donors (Lipinski definition) is 2. The highest BCUT2D eigenvalue weighted by molar-refractivity contribution is 5.93. The molecule has 0 bridgehead atoms. The van der Waals surface area contributed by atoms with Crippen molar-refractivity contribution < 1.29 is 4.74 Å². The summed E-state index contributed by atoms with van der Waals surface area (Å²) in [7, 11) is 0. The van der Waals surface area contributed by atoms with Crippen molar-refractivity contribution in [1.29, 1.82) is 0 Å². The molecule has 3 aromatic heterocycles. The molecule has 0 aliphatic carbocycles. The van der Waals surface area contributed by atoms with Crippen LogP contribution in [0.2, 0.25) is 0 Å². The normalized spacial score (nSPS) is 15.6. The average Bonchev–Trinajstić information content (AvgIpc) is 3.34. The molecule has 1 unspecified atom stereocenters. The Kier molecular flexibility index (Phi) is 6.58. The molecule has 10 heteroatoms. The molecule has 0 saturated carbocycles. The number of aryl methyl sites for hydroxylation is 1. The first-order valence-corrected chi connectivity index (χ1v) is 11.7.